The van der Waals surface area contributed by atoms with Crippen LogP contribution in [0.5, 0.6) is 0 Å². The zero-order valence-corrected chi connectivity index (χ0v) is 16.7. The van der Waals surface area contributed by atoms with Gasteiger partial charge in [-0.15, -0.1) is 10.2 Å². The molecule has 2 aromatic rings. The first kappa shape index (κ1) is 19.5. The number of rotatable bonds is 5. The number of carbonyl (C=O) groups is 1. The summed E-state index contributed by atoms with van der Waals surface area (Å²) in [5.74, 6) is -0.183. The predicted octanol–water partition coefficient (Wildman–Crippen LogP) is 1.93. The average molecular weight is 392 g/mol. The second kappa shape index (κ2) is 6.72. The molecular formula is C18H24N4O4S. The van der Waals surface area contributed by atoms with Gasteiger partial charge in [-0.1, -0.05) is 32.9 Å². The first-order valence-corrected chi connectivity index (χ1v) is 10.3. The highest BCUT2D eigenvalue weighted by atomic mass is 32.2. The van der Waals surface area contributed by atoms with Crippen LogP contribution in [-0.4, -0.2) is 44.6 Å². The number of carboxylic acids is 1. The van der Waals surface area contributed by atoms with Crippen molar-refractivity contribution in [3.05, 3.63) is 41.5 Å². The Hall–Kier alpha value is -2.26. The maximum absolute atomic E-state index is 13.2. The van der Waals surface area contributed by atoms with E-state index in [0.717, 1.165) is 16.3 Å². The normalized spacial score (nSPS) is 18.3. The molecule has 0 spiro atoms. The number of aryl methyl sites for hydroxylation is 1. The molecule has 0 amide bonds. The minimum absolute atomic E-state index is 0.0102. The van der Waals surface area contributed by atoms with Crippen LogP contribution in [-0.2, 0) is 33.3 Å². The molecule has 1 unspecified atom stereocenters. The van der Waals surface area contributed by atoms with E-state index in [2.05, 4.69) is 31.0 Å². The van der Waals surface area contributed by atoms with Gasteiger partial charge in [0, 0.05) is 0 Å². The highest BCUT2D eigenvalue weighted by Crippen LogP contribution is 2.30. The van der Waals surface area contributed by atoms with Gasteiger partial charge in [-0.2, -0.15) is 4.31 Å². The fourth-order valence-corrected chi connectivity index (χ4v) is 4.69. The van der Waals surface area contributed by atoms with E-state index in [1.807, 2.05) is 0 Å². The van der Waals surface area contributed by atoms with Gasteiger partial charge in [0.15, 0.2) is 0 Å². The first-order chi connectivity index (χ1) is 12.6. The Morgan fingerprint density at radius 1 is 1.26 bits per heavy atom. The Morgan fingerprint density at radius 3 is 2.44 bits per heavy atom. The van der Waals surface area contributed by atoms with Gasteiger partial charge in [-0.25, -0.2) is 8.42 Å². The predicted molar refractivity (Wildman–Crippen MR) is 98.7 cm³/mol. The van der Waals surface area contributed by atoms with Crippen molar-refractivity contribution in [2.24, 2.45) is 0 Å². The summed E-state index contributed by atoms with van der Waals surface area (Å²) in [6.45, 7) is 7.85. The number of carboxylic acid groups (broad SMARTS) is 1. The molecule has 9 heteroatoms. The van der Waals surface area contributed by atoms with Crippen molar-refractivity contribution in [2.45, 2.75) is 63.6 Å². The van der Waals surface area contributed by atoms with Crippen molar-refractivity contribution in [3.63, 3.8) is 0 Å². The molecular weight excluding hydrogens is 368 g/mol. The zero-order valence-electron chi connectivity index (χ0n) is 15.9. The van der Waals surface area contributed by atoms with E-state index in [1.165, 1.54) is 0 Å². The number of hydrogen-bond donors (Lipinski definition) is 1. The molecule has 0 saturated carbocycles. The van der Waals surface area contributed by atoms with Crippen molar-refractivity contribution in [1.82, 2.24) is 19.1 Å². The molecule has 0 saturated heterocycles. The summed E-state index contributed by atoms with van der Waals surface area (Å²) in [5.41, 5.74) is 0.970. The second-order valence-electron chi connectivity index (χ2n) is 7.44. The van der Waals surface area contributed by atoms with Gasteiger partial charge < -0.3 is 9.67 Å². The second-order valence-corrected chi connectivity index (χ2v) is 9.33. The zero-order chi connectivity index (χ0) is 20.0. The lowest BCUT2D eigenvalue weighted by Crippen LogP contribution is -2.50. The minimum atomic E-state index is -3.99. The van der Waals surface area contributed by atoms with Crippen LogP contribution < -0.4 is 0 Å². The Kier molecular flexibility index (Phi) is 4.85. The highest BCUT2D eigenvalue weighted by Gasteiger charge is 2.41. The molecule has 1 atom stereocenters. The molecule has 27 heavy (non-hydrogen) atoms. The van der Waals surface area contributed by atoms with Crippen molar-refractivity contribution >= 4 is 16.0 Å². The van der Waals surface area contributed by atoms with Gasteiger partial charge in [0.05, 0.1) is 18.0 Å². The van der Waals surface area contributed by atoms with Crippen LogP contribution in [0.15, 0.2) is 29.2 Å². The summed E-state index contributed by atoms with van der Waals surface area (Å²) in [6.07, 6.45) is 0.918. The molecule has 2 heterocycles. The fourth-order valence-electron chi connectivity index (χ4n) is 3.16. The summed E-state index contributed by atoms with van der Waals surface area (Å²) < 4.78 is 29.0. The molecule has 1 aliphatic rings. The minimum Gasteiger partial charge on any atom is -0.480 e. The third-order valence-corrected chi connectivity index (χ3v) is 7.29. The van der Waals surface area contributed by atoms with E-state index in [1.54, 1.807) is 35.8 Å². The number of nitrogens with zero attached hydrogens (tertiary/aromatic N) is 4. The Morgan fingerprint density at radius 2 is 1.89 bits per heavy atom. The third-order valence-electron chi connectivity index (χ3n) is 5.42. The summed E-state index contributed by atoms with van der Waals surface area (Å²) in [6, 6.07) is 5.48. The lowest BCUT2D eigenvalue weighted by atomic mass is 9.82. The highest BCUT2D eigenvalue weighted by molar-refractivity contribution is 7.89. The van der Waals surface area contributed by atoms with E-state index in [9.17, 15) is 18.3 Å². The van der Waals surface area contributed by atoms with Crippen LogP contribution in [0.25, 0.3) is 0 Å². The maximum atomic E-state index is 13.2. The Labute approximate surface area is 158 Å². The standard InChI is InChI=1S/C18H24N4O4S/c1-5-18(3,4)13-6-8-14(9-7-13)27(25,26)22-11-16-20-19-12(2)21(16)10-15(22)17(23)24/h6-9,15H,5,10-11H2,1-4H3,(H,23,24). The average Bonchev–Trinajstić information content (AvgIpc) is 3.01. The Bertz CT molecular complexity index is 964. The van der Waals surface area contributed by atoms with Gasteiger partial charge >= 0.3 is 5.97 Å². The van der Waals surface area contributed by atoms with E-state index < -0.39 is 22.0 Å². The third kappa shape index (κ3) is 3.37. The molecule has 1 aromatic heterocycles. The number of fused-ring (bicyclic) bond motifs is 1. The van der Waals surface area contributed by atoms with Gasteiger partial charge in [-0.3, -0.25) is 4.79 Å². The molecule has 0 aliphatic carbocycles. The summed E-state index contributed by atoms with van der Waals surface area (Å²) >= 11 is 0. The number of hydrogen-bond acceptors (Lipinski definition) is 5. The molecule has 1 N–H and O–H groups in total. The van der Waals surface area contributed by atoms with Crippen LogP contribution in [0.1, 0.15) is 44.4 Å². The largest absolute Gasteiger partial charge is 0.480 e. The van der Waals surface area contributed by atoms with Crippen LogP contribution in [0.3, 0.4) is 0 Å². The number of aliphatic carboxylic acids is 1. The lowest BCUT2D eigenvalue weighted by molar-refractivity contribution is -0.142. The van der Waals surface area contributed by atoms with Gasteiger partial charge in [0.25, 0.3) is 0 Å². The molecule has 8 nitrogen and oxygen atoms in total. The van der Waals surface area contributed by atoms with Gasteiger partial charge in [0.1, 0.15) is 17.7 Å². The van der Waals surface area contributed by atoms with Crippen LogP contribution in [0.2, 0.25) is 0 Å². The molecule has 0 radical (unpaired) electrons. The topological polar surface area (TPSA) is 105 Å². The fraction of sp³-hybridized carbons (Fsp3) is 0.500. The SMILES string of the molecule is CCC(C)(C)c1ccc(S(=O)(=O)N2Cc3nnc(C)n3CC2C(=O)O)cc1. The van der Waals surface area contributed by atoms with Crippen molar-refractivity contribution in [3.8, 4) is 0 Å². The lowest BCUT2D eigenvalue weighted by Gasteiger charge is -2.32. The van der Waals surface area contributed by atoms with Gasteiger partial charge in [0.2, 0.25) is 10.0 Å². The van der Waals surface area contributed by atoms with Crippen molar-refractivity contribution in [1.29, 1.82) is 0 Å². The van der Waals surface area contributed by atoms with E-state index in [4.69, 9.17) is 0 Å². The number of benzene rings is 1. The number of sulfonamides is 1. The molecule has 1 aromatic carbocycles. The molecule has 0 bridgehead atoms. The van der Waals surface area contributed by atoms with E-state index in [-0.39, 0.29) is 23.4 Å². The quantitative estimate of drug-likeness (QED) is 0.833. The summed E-state index contributed by atoms with van der Waals surface area (Å²) in [7, 11) is -3.99. The van der Waals surface area contributed by atoms with Gasteiger partial charge in [-0.05, 0) is 36.5 Å². The molecule has 146 valence electrons. The van der Waals surface area contributed by atoms with E-state index >= 15 is 0 Å². The van der Waals surface area contributed by atoms with Crippen LogP contribution in [0, 0.1) is 6.92 Å². The van der Waals surface area contributed by atoms with Crippen LogP contribution in [0.4, 0.5) is 0 Å². The Balaban J connectivity index is 1.99. The number of aromatic nitrogens is 3. The molecule has 3 rings (SSSR count). The maximum Gasteiger partial charge on any atom is 0.323 e. The van der Waals surface area contributed by atoms with Crippen LogP contribution >= 0.6 is 0 Å². The van der Waals surface area contributed by atoms with Crippen molar-refractivity contribution < 1.29 is 18.3 Å². The summed E-state index contributed by atoms with van der Waals surface area (Å²) in [4.78, 5) is 11.8. The molecule has 1 aliphatic heterocycles. The monoisotopic (exact) mass is 392 g/mol. The first-order valence-electron chi connectivity index (χ1n) is 8.82. The smallest absolute Gasteiger partial charge is 0.323 e. The van der Waals surface area contributed by atoms with E-state index in [0.29, 0.717) is 11.6 Å². The van der Waals surface area contributed by atoms with Crippen molar-refractivity contribution in [2.75, 3.05) is 0 Å². The molecule has 0 fully saturated rings. The summed E-state index contributed by atoms with van der Waals surface area (Å²) in [5, 5.41) is 17.5.